The lowest BCUT2D eigenvalue weighted by atomic mass is 10.3. The topological polar surface area (TPSA) is 42.1 Å². The van der Waals surface area contributed by atoms with Crippen molar-refractivity contribution in [3.8, 4) is 5.75 Å². The van der Waals surface area contributed by atoms with E-state index in [0.717, 1.165) is 5.56 Å². The van der Waals surface area contributed by atoms with Crippen LogP contribution in [-0.4, -0.2) is 12.1 Å². The summed E-state index contributed by atoms with van der Waals surface area (Å²) in [6.45, 7) is 5.83. The van der Waals surface area contributed by atoms with Gasteiger partial charge in [-0.3, -0.25) is 4.79 Å². The van der Waals surface area contributed by atoms with E-state index >= 15 is 0 Å². The predicted molar refractivity (Wildman–Crippen MR) is 49.7 cm³/mol. The minimum absolute atomic E-state index is 0.0988. The maximum absolute atomic E-state index is 10.6. The Kier molecular flexibility index (Phi) is 4.84. The standard InChI is InChI=1S/C7H9NO2.C2H6/c1-5-3-7(9)8-4-6(5)10-2;1-2/h3-4H,1-2H3,(H,8,9);1-2H3. The lowest BCUT2D eigenvalue weighted by Gasteiger charge is -2.00. The molecule has 1 aromatic rings. The summed E-state index contributed by atoms with van der Waals surface area (Å²) in [5, 5.41) is 0. The summed E-state index contributed by atoms with van der Waals surface area (Å²) in [6.07, 6.45) is 1.55. The summed E-state index contributed by atoms with van der Waals surface area (Å²) in [7, 11) is 1.57. The van der Waals surface area contributed by atoms with Crippen molar-refractivity contribution in [1.82, 2.24) is 4.98 Å². The molecule has 0 atom stereocenters. The molecule has 1 N–H and O–H groups in total. The van der Waals surface area contributed by atoms with Crippen molar-refractivity contribution < 1.29 is 4.74 Å². The van der Waals surface area contributed by atoms with Crippen LogP contribution in [0.15, 0.2) is 17.1 Å². The maximum Gasteiger partial charge on any atom is 0.248 e. The Morgan fingerprint density at radius 2 is 2.00 bits per heavy atom. The fourth-order valence-electron chi connectivity index (χ4n) is 0.780. The maximum atomic E-state index is 10.6. The lowest BCUT2D eigenvalue weighted by Crippen LogP contribution is -2.04. The Hall–Kier alpha value is -1.25. The van der Waals surface area contributed by atoms with Crippen LogP contribution in [0, 0.1) is 6.92 Å². The number of pyridine rings is 1. The van der Waals surface area contributed by atoms with Crippen molar-refractivity contribution in [3.63, 3.8) is 0 Å². The molecule has 1 aromatic heterocycles. The van der Waals surface area contributed by atoms with Gasteiger partial charge in [0.2, 0.25) is 5.56 Å². The summed E-state index contributed by atoms with van der Waals surface area (Å²) in [6, 6.07) is 1.50. The molecular formula is C9H15NO2. The van der Waals surface area contributed by atoms with Crippen molar-refractivity contribution in [3.05, 3.63) is 28.2 Å². The molecule has 3 heteroatoms. The van der Waals surface area contributed by atoms with Crippen molar-refractivity contribution >= 4 is 0 Å². The quantitative estimate of drug-likeness (QED) is 0.695. The second-order valence-electron chi connectivity index (χ2n) is 2.05. The van der Waals surface area contributed by atoms with Gasteiger partial charge in [-0.05, 0) is 12.5 Å². The van der Waals surface area contributed by atoms with E-state index in [9.17, 15) is 4.79 Å². The number of hydrogen-bond donors (Lipinski definition) is 1. The summed E-state index contributed by atoms with van der Waals surface area (Å²) in [5.74, 6) is 0.708. The third kappa shape index (κ3) is 2.78. The van der Waals surface area contributed by atoms with Crippen LogP contribution in [0.25, 0.3) is 0 Å². The molecule has 0 aliphatic carbocycles. The number of nitrogens with one attached hydrogen (secondary N) is 1. The van der Waals surface area contributed by atoms with Crippen LogP contribution in [-0.2, 0) is 0 Å². The van der Waals surface area contributed by atoms with Crippen LogP contribution in [0.1, 0.15) is 19.4 Å². The molecule has 68 valence electrons. The molecule has 1 rings (SSSR count). The molecule has 0 saturated carbocycles. The van der Waals surface area contributed by atoms with Gasteiger partial charge in [-0.25, -0.2) is 0 Å². The van der Waals surface area contributed by atoms with Gasteiger partial charge in [0, 0.05) is 12.3 Å². The van der Waals surface area contributed by atoms with Gasteiger partial charge in [-0.1, -0.05) is 13.8 Å². The van der Waals surface area contributed by atoms with E-state index in [1.54, 1.807) is 13.3 Å². The van der Waals surface area contributed by atoms with Gasteiger partial charge < -0.3 is 9.72 Å². The minimum Gasteiger partial charge on any atom is -0.495 e. The number of aromatic nitrogens is 1. The Morgan fingerprint density at radius 3 is 2.42 bits per heavy atom. The highest BCUT2D eigenvalue weighted by molar-refractivity contribution is 5.27. The van der Waals surface area contributed by atoms with E-state index in [0.29, 0.717) is 5.75 Å². The number of rotatable bonds is 1. The first-order valence-electron chi connectivity index (χ1n) is 3.97. The Bertz CT molecular complexity index is 278. The molecule has 0 amide bonds. The number of aryl methyl sites for hydroxylation is 1. The first-order chi connectivity index (χ1) is 5.74. The second-order valence-corrected chi connectivity index (χ2v) is 2.05. The average Bonchev–Trinajstić information content (AvgIpc) is 2.08. The fourth-order valence-corrected chi connectivity index (χ4v) is 0.780. The zero-order valence-corrected chi connectivity index (χ0v) is 7.97. The molecule has 0 aliphatic rings. The summed E-state index contributed by atoms with van der Waals surface area (Å²) < 4.78 is 4.93. The Morgan fingerprint density at radius 1 is 1.42 bits per heavy atom. The van der Waals surface area contributed by atoms with Gasteiger partial charge in [0.25, 0.3) is 0 Å². The van der Waals surface area contributed by atoms with E-state index < -0.39 is 0 Å². The van der Waals surface area contributed by atoms with E-state index in [-0.39, 0.29) is 5.56 Å². The SMILES string of the molecule is CC.COc1c[nH]c(=O)cc1C. The van der Waals surface area contributed by atoms with Crippen molar-refractivity contribution in [2.45, 2.75) is 20.8 Å². The first-order valence-corrected chi connectivity index (χ1v) is 3.97. The fraction of sp³-hybridized carbons (Fsp3) is 0.444. The Labute approximate surface area is 72.4 Å². The predicted octanol–water partition coefficient (Wildman–Crippen LogP) is 1.72. The van der Waals surface area contributed by atoms with Crippen molar-refractivity contribution in [1.29, 1.82) is 0 Å². The molecule has 0 bridgehead atoms. The average molecular weight is 169 g/mol. The highest BCUT2D eigenvalue weighted by Crippen LogP contribution is 2.10. The monoisotopic (exact) mass is 169 g/mol. The molecule has 0 aliphatic heterocycles. The van der Waals surface area contributed by atoms with E-state index in [4.69, 9.17) is 4.74 Å². The molecular weight excluding hydrogens is 154 g/mol. The third-order valence-corrected chi connectivity index (χ3v) is 1.30. The van der Waals surface area contributed by atoms with Gasteiger partial charge in [0.1, 0.15) is 5.75 Å². The number of H-pyrrole nitrogens is 1. The number of ether oxygens (including phenoxy) is 1. The molecule has 0 fully saturated rings. The zero-order chi connectivity index (χ0) is 9.56. The molecule has 0 saturated heterocycles. The van der Waals surface area contributed by atoms with E-state index in [1.807, 2.05) is 20.8 Å². The highest BCUT2D eigenvalue weighted by atomic mass is 16.5. The van der Waals surface area contributed by atoms with Gasteiger partial charge in [-0.2, -0.15) is 0 Å². The van der Waals surface area contributed by atoms with Crippen molar-refractivity contribution in [2.24, 2.45) is 0 Å². The van der Waals surface area contributed by atoms with Crippen LogP contribution in [0.2, 0.25) is 0 Å². The number of methoxy groups -OCH3 is 1. The largest absolute Gasteiger partial charge is 0.495 e. The number of hydrogen-bond acceptors (Lipinski definition) is 2. The van der Waals surface area contributed by atoms with Gasteiger partial charge in [-0.15, -0.1) is 0 Å². The van der Waals surface area contributed by atoms with Gasteiger partial charge >= 0.3 is 0 Å². The van der Waals surface area contributed by atoms with Crippen LogP contribution in [0.5, 0.6) is 5.75 Å². The molecule has 0 aromatic carbocycles. The third-order valence-electron chi connectivity index (χ3n) is 1.30. The summed E-state index contributed by atoms with van der Waals surface area (Å²) in [4.78, 5) is 13.2. The van der Waals surface area contributed by atoms with E-state index in [2.05, 4.69) is 4.98 Å². The smallest absolute Gasteiger partial charge is 0.248 e. The van der Waals surface area contributed by atoms with Crippen LogP contribution in [0.4, 0.5) is 0 Å². The molecule has 0 radical (unpaired) electrons. The summed E-state index contributed by atoms with van der Waals surface area (Å²) >= 11 is 0. The summed E-state index contributed by atoms with van der Waals surface area (Å²) in [5.41, 5.74) is 0.754. The molecule has 0 spiro atoms. The molecule has 12 heavy (non-hydrogen) atoms. The molecule has 1 heterocycles. The van der Waals surface area contributed by atoms with Crippen molar-refractivity contribution in [2.75, 3.05) is 7.11 Å². The zero-order valence-electron chi connectivity index (χ0n) is 7.97. The Balaban J connectivity index is 0.000000561. The molecule has 3 nitrogen and oxygen atoms in total. The molecule has 0 unspecified atom stereocenters. The van der Waals surface area contributed by atoms with E-state index in [1.165, 1.54) is 6.07 Å². The minimum atomic E-state index is -0.0988. The normalized spacial score (nSPS) is 8.33. The lowest BCUT2D eigenvalue weighted by molar-refractivity contribution is 0.409. The van der Waals surface area contributed by atoms with Gasteiger partial charge in [0.15, 0.2) is 0 Å². The van der Waals surface area contributed by atoms with Gasteiger partial charge in [0.05, 0.1) is 7.11 Å². The first kappa shape index (κ1) is 10.8. The van der Waals surface area contributed by atoms with Crippen LogP contribution < -0.4 is 10.3 Å². The van der Waals surface area contributed by atoms with Crippen LogP contribution in [0.3, 0.4) is 0 Å². The number of aromatic amines is 1. The second kappa shape index (κ2) is 5.41. The van der Waals surface area contributed by atoms with Crippen LogP contribution >= 0.6 is 0 Å². The highest BCUT2D eigenvalue weighted by Gasteiger charge is 1.95.